The Morgan fingerprint density at radius 2 is 1.19 bits per heavy atom. The number of cyclic esters (lactones) is 1. The van der Waals surface area contributed by atoms with Crippen LogP contribution in [0.2, 0.25) is 0 Å². The largest absolute Gasteiger partial charge is 0.444 e. The fraction of sp³-hybridized carbons (Fsp3) is 0.208. The first-order chi connectivity index (χ1) is 13.2. The topological polar surface area (TPSA) is 38.3 Å². The molecule has 4 rings (SSSR count). The van der Waals surface area contributed by atoms with Crippen LogP contribution in [-0.2, 0) is 10.2 Å². The van der Waals surface area contributed by atoms with Crippen LogP contribution >= 0.6 is 0 Å². The van der Waals surface area contributed by atoms with Gasteiger partial charge in [0.1, 0.15) is 6.10 Å². The van der Waals surface area contributed by atoms with Gasteiger partial charge in [-0.1, -0.05) is 91.0 Å². The number of carbonyl (C=O) groups excluding carboxylic acids is 1. The lowest BCUT2D eigenvalue weighted by molar-refractivity contribution is 0.119. The van der Waals surface area contributed by atoms with Gasteiger partial charge < -0.3 is 10.1 Å². The molecular formula is C24H23NO2. The van der Waals surface area contributed by atoms with Crippen molar-refractivity contribution in [3.8, 4) is 0 Å². The molecule has 0 unspecified atom stereocenters. The van der Waals surface area contributed by atoms with Crippen LogP contribution < -0.4 is 5.32 Å². The maximum Gasteiger partial charge on any atom is 0.407 e. The first-order valence-electron chi connectivity index (χ1n) is 9.34. The van der Waals surface area contributed by atoms with Crippen molar-refractivity contribution in [1.82, 2.24) is 5.32 Å². The van der Waals surface area contributed by atoms with E-state index in [1.165, 1.54) is 16.7 Å². The molecule has 0 bridgehead atoms. The van der Waals surface area contributed by atoms with Crippen molar-refractivity contribution in [2.45, 2.75) is 30.9 Å². The predicted octanol–water partition coefficient (Wildman–Crippen LogP) is 4.91. The highest BCUT2D eigenvalue weighted by Crippen LogP contribution is 2.44. The summed E-state index contributed by atoms with van der Waals surface area (Å²) in [6.45, 7) is 2.00. The van der Waals surface area contributed by atoms with Crippen LogP contribution in [0, 0.1) is 0 Å². The molecule has 0 aliphatic carbocycles. The van der Waals surface area contributed by atoms with Gasteiger partial charge in [0.25, 0.3) is 0 Å². The van der Waals surface area contributed by atoms with Crippen molar-refractivity contribution in [1.29, 1.82) is 0 Å². The van der Waals surface area contributed by atoms with Gasteiger partial charge >= 0.3 is 6.09 Å². The third kappa shape index (κ3) is 3.21. The molecule has 0 radical (unpaired) electrons. The first-order valence-corrected chi connectivity index (χ1v) is 9.34. The van der Waals surface area contributed by atoms with Crippen LogP contribution in [0.3, 0.4) is 0 Å². The summed E-state index contributed by atoms with van der Waals surface area (Å²) in [5.74, 6) is 0. The monoisotopic (exact) mass is 357 g/mol. The summed E-state index contributed by atoms with van der Waals surface area (Å²) in [6.07, 6.45) is 0.124. The Labute approximate surface area is 160 Å². The van der Waals surface area contributed by atoms with Gasteiger partial charge in [0.05, 0.1) is 6.04 Å². The van der Waals surface area contributed by atoms with E-state index in [9.17, 15) is 4.79 Å². The molecule has 1 N–H and O–H groups in total. The normalized spacial score (nSPS) is 19.4. The van der Waals surface area contributed by atoms with Crippen molar-refractivity contribution in [2.75, 3.05) is 0 Å². The quantitative estimate of drug-likeness (QED) is 0.659. The second-order valence-electron chi connectivity index (χ2n) is 7.08. The first kappa shape index (κ1) is 17.3. The Bertz CT molecular complexity index is 797. The Balaban J connectivity index is 1.93. The second-order valence-corrected chi connectivity index (χ2v) is 7.08. The minimum absolute atomic E-state index is 0.0342. The summed E-state index contributed by atoms with van der Waals surface area (Å²) in [5.41, 5.74) is 3.17. The third-order valence-electron chi connectivity index (χ3n) is 5.47. The lowest BCUT2D eigenvalue weighted by Crippen LogP contribution is -2.38. The van der Waals surface area contributed by atoms with Crippen LogP contribution in [0.25, 0.3) is 0 Å². The summed E-state index contributed by atoms with van der Waals surface area (Å²) in [7, 11) is 0. The highest BCUT2D eigenvalue weighted by molar-refractivity contribution is 5.70. The summed E-state index contributed by atoms with van der Waals surface area (Å²) in [6, 6.07) is 31.4. The Morgan fingerprint density at radius 1 is 0.778 bits per heavy atom. The Kier molecular flexibility index (Phi) is 4.68. The highest BCUT2D eigenvalue weighted by Gasteiger charge is 2.43. The molecule has 1 saturated heterocycles. The smallest absolute Gasteiger partial charge is 0.407 e. The molecule has 2 atom stereocenters. The van der Waals surface area contributed by atoms with E-state index >= 15 is 0 Å². The average molecular weight is 357 g/mol. The molecule has 136 valence electrons. The minimum Gasteiger partial charge on any atom is -0.444 e. The average Bonchev–Trinajstić information content (AvgIpc) is 3.04. The molecule has 0 spiro atoms. The van der Waals surface area contributed by atoms with Crippen LogP contribution in [0.4, 0.5) is 4.79 Å². The number of ether oxygens (including phenoxy) is 1. The van der Waals surface area contributed by atoms with Crippen molar-refractivity contribution in [2.24, 2.45) is 0 Å². The van der Waals surface area contributed by atoms with Gasteiger partial charge in [-0.05, 0) is 23.6 Å². The van der Waals surface area contributed by atoms with Gasteiger partial charge in [-0.25, -0.2) is 4.79 Å². The lowest BCUT2D eigenvalue weighted by atomic mass is 9.66. The maximum absolute atomic E-state index is 11.8. The summed E-state index contributed by atoms with van der Waals surface area (Å²) < 4.78 is 5.64. The Hall–Kier alpha value is -3.07. The predicted molar refractivity (Wildman–Crippen MR) is 107 cm³/mol. The van der Waals surface area contributed by atoms with Crippen LogP contribution in [0.1, 0.15) is 30.0 Å². The SMILES string of the molecule is C[C@@H]1NC(=O)O[C@H]1CC(c1ccccc1)(c1ccccc1)c1ccccc1. The van der Waals surface area contributed by atoms with E-state index in [1.54, 1.807) is 0 Å². The zero-order valence-electron chi connectivity index (χ0n) is 15.3. The zero-order chi connectivity index (χ0) is 18.7. The van der Waals surface area contributed by atoms with Crippen molar-refractivity contribution < 1.29 is 9.53 Å². The Morgan fingerprint density at radius 3 is 1.52 bits per heavy atom. The maximum atomic E-state index is 11.8. The van der Waals surface area contributed by atoms with E-state index < -0.39 is 5.41 Å². The van der Waals surface area contributed by atoms with E-state index in [4.69, 9.17) is 4.74 Å². The molecule has 3 heteroatoms. The van der Waals surface area contributed by atoms with Gasteiger partial charge in [0, 0.05) is 11.8 Å². The van der Waals surface area contributed by atoms with Gasteiger partial charge in [-0.2, -0.15) is 0 Å². The molecule has 1 amide bonds. The molecule has 1 heterocycles. The second kappa shape index (κ2) is 7.28. The lowest BCUT2D eigenvalue weighted by Gasteiger charge is -2.38. The number of hydrogen-bond acceptors (Lipinski definition) is 2. The van der Waals surface area contributed by atoms with E-state index in [-0.39, 0.29) is 18.2 Å². The van der Waals surface area contributed by atoms with Crippen molar-refractivity contribution in [3.63, 3.8) is 0 Å². The fourth-order valence-corrected chi connectivity index (χ4v) is 4.09. The number of nitrogens with one attached hydrogen (secondary N) is 1. The molecule has 3 aromatic rings. The molecule has 1 aliphatic rings. The summed E-state index contributed by atoms with van der Waals surface area (Å²) in [4.78, 5) is 11.8. The summed E-state index contributed by atoms with van der Waals surface area (Å²) in [5, 5.41) is 2.88. The van der Waals surface area contributed by atoms with Crippen LogP contribution in [0.5, 0.6) is 0 Å². The fourth-order valence-electron chi connectivity index (χ4n) is 4.09. The van der Waals surface area contributed by atoms with Gasteiger partial charge in [0.2, 0.25) is 0 Å². The van der Waals surface area contributed by atoms with E-state index in [0.29, 0.717) is 6.42 Å². The third-order valence-corrected chi connectivity index (χ3v) is 5.47. The van der Waals surface area contributed by atoms with Crippen LogP contribution in [0.15, 0.2) is 91.0 Å². The standard InChI is InChI=1S/C24H23NO2/c1-18-22(27-23(26)25-18)17-24(19-11-5-2-6-12-19,20-13-7-3-8-14-20)21-15-9-4-10-16-21/h2-16,18,22H,17H2,1H3,(H,25,26)/t18-,22-/m0/s1. The number of alkyl carbamates (subject to hydrolysis) is 1. The number of amides is 1. The van der Waals surface area contributed by atoms with Gasteiger partial charge in [-0.3, -0.25) is 0 Å². The number of hydrogen-bond donors (Lipinski definition) is 1. The summed E-state index contributed by atoms with van der Waals surface area (Å²) >= 11 is 0. The highest BCUT2D eigenvalue weighted by atomic mass is 16.6. The number of benzene rings is 3. The molecule has 0 saturated carbocycles. The molecule has 3 aromatic carbocycles. The molecule has 27 heavy (non-hydrogen) atoms. The molecule has 1 aliphatic heterocycles. The minimum atomic E-state index is -0.408. The molecule has 3 nitrogen and oxygen atoms in total. The molecule has 0 aromatic heterocycles. The van der Waals surface area contributed by atoms with E-state index in [0.717, 1.165) is 0 Å². The number of rotatable bonds is 5. The van der Waals surface area contributed by atoms with Gasteiger partial charge in [-0.15, -0.1) is 0 Å². The van der Waals surface area contributed by atoms with Crippen molar-refractivity contribution in [3.05, 3.63) is 108 Å². The number of carbonyl (C=O) groups is 1. The zero-order valence-corrected chi connectivity index (χ0v) is 15.3. The van der Waals surface area contributed by atoms with Gasteiger partial charge in [0.15, 0.2) is 0 Å². The van der Waals surface area contributed by atoms with Crippen molar-refractivity contribution >= 4 is 6.09 Å². The molecule has 1 fully saturated rings. The van der Waals surface area contributed by atoms with Crippen LogP contribution in [-0.4, -0.2) is 18.2 Å². The van der Waals surface area contributed by atoms with E-state index in [2.05, 4.69) is 78.1 Å². The molecular weight excluding hydrogens is 334 g/mol. The van der Waals surface area contributed by atoms with E-state index in [1.807, 2.05) is 25.1 Å².